The molecule has 0 unspecified atom stereocenters. The van der Waals surface area contributed by atoms with E-state index in [1.165, 1.54) is 27.7 Å². The Labute approximate surface area is 459 Å². The maximum absolute atomic E-state index is 16.7. The molecule has 1 aliphatic carbocycles. The second-order valence-corrected chi connectivity index (χ2v) is 25.3. The highest BCUT2D eigenvalue weighted by Gasteiger charge is 2.57. The molecule has 5 heterocycles. The van der Waals surface area contributed by atoms with Crippen molar-refractivity contribution in [1.29, 1.82) is 0 Å². The van der Waals surface area contributed by atoms with E-state index >= 15 is 13.6 Å². The van der Waals surface area contributed by atoms with E-state index in [-0.39, 0.29) is 93.7 Å². The third kappa shape index (κ3) is 12.3. The molecule has 3 aromatic carbocycles. The number of thioether (sulfide) groups is 2. The van der Waals surface area contributed by atoms with Gasteiger partial charge in [0.15, 0.2) is 27.3 Å². The van der Waals surface area contributed by atoms with Crippen LogP contribution >= 0.6 is 31.1 Å². The van der Waals surface area contributed by atoms with Gasteiger partial charge in [-0.25, -0.2) is 0 Å². The average Bonchev–Trinajstić information content (AvgIpc) is 3.81. The molecule has 22 heteroatoms. The number of ketones is 1. The van der Waals surface area contributed by atoms with E-state index < -0.39 is 67.9 Å². The first-order chi connectivity index (χ1) is 37.3. The minimum atomic E-state index is -5.33. The van der Waals surface area contributed by atoms with Gasteiger partial charge in [-0.2, -0.15) is 8.78 Å². The lowest BCUT2D eigenvalue weighted by molar-refractivity contribution is -0.142. The molecule has 17 nitrogen and oxygen atoms in total. The summed E-state index contributed by atoms with van der Waals surface area (Å²) < 4.78 is 65.5. The lowest BCUT2D eigenvalue weighted by atomic mass is 9.96. The van der Waals surface area contributed by atoms with Gasteiger partial charge in [0.2, 0.25) is 5.91 Å². The molecular weight excluding hydrogens is 1070 g/mol. The molecule has 1 saturated carbocycles. The maximum atomic E-state index is 16.7. The summed E-state index contributed by atoms with van der Waals surface area (Å²) in [6, 6.07) is 14.2. The molecule has 3 saturated heterocycles. The first kappa shape index (κ1) is 57.1. The molecule has 4 atom stereocenters. The molecule has 1 N–H and O–H groups in total. The molecule has 2 aromatic heterocycles. The molecule has 0 radical (unpaired) electrons. The van der Waals surface area contributed by atoms with E-state index in [2.05, 4.69) is 15.4 Å². The number of likely N-dealkylation sites (tertiary alicyclic amines) is 1. The topological polar surface area (TPSA) is 208 Å². The van der Waals surface area contributed by atoms with Crippen molar-refractivity contribution >= 4 is 86.6 Å². The number of Topliss-reactive ketones (excluding diaryl/α,β-unsaturated/α-hetero) is 1. The van der Waals surface area contributed by atoms with Gasteiger partial charge < -0.3 is 33.3 Å². The molecule has 5 aromatic rings. The Bertz CT molecular complexity index is 3210. The number of carbonyl (C=O) groups is 6. The second kappa shape index (κ2) is 24.0. The maximum Gasteiger partial charge on any atom is 0.404 e. The van der Waals surface area contributed by atoms with Crippen molar-refractivity contribution < 1.29 is 55.7 Å². The van der Waals surface area contributed by atoms with E-state index in [9.17, 15) is 33.3 Å². The van der Waals surface area contributed by atoms with Crippen LogP contribution in [0.1, 0.15) is 122 Å². The van der Waals surface area contributed by atoms with Crippen LogP contribution in [-0.2, 0) is 45.5 Å². The minimum Gasteiger partial charge on any atom is -0.355 e. The summed E-state index contributed by atoms with van der Waals surface area (Å²) in [7, 11) is -3.63. The highest BCUT2D eigenvalue weighted by molar-refractivity contribution is 8.13. The number of aromatic nitrogens is 2. The number of benzene rings is 3. The summed E-state index contributed by atoms with van der Waals surface area (Å²) in [6.45, 7) is 5.10. The molecule has 4 fully saturated rings. The molecule has 416 valence electrons. The van der Waals surface area contributed by atoms with Crippen molar-refractivity contribution in [3.8, 4) is 0 Å². The standard InChI is InChI=1S/C56H65F2N6O11PS2/c1-5-7-49(67)77-25-23-73-76(72,74-24-26-78-50(68)8-6-2)56(57,58)41-13-12-36-10-11-38(28-39(36)29-41)52(69)59-44-33-62(54(71)51-43-27-35(3)9-16-47(43)75-60-51)22-18-42-14-15-45(64(42)53(44)70)46(65)34-63-32-40(31-55(63)19-20-55)37-17-21-61(4)48(66)30-37/h9-13,16-17,21,27-30,40,42,44-45H,5-8,14-15,18-20,22-26,31-34H2,1-4H3,(H,59,69)/t40-,42-,44+,45+/m1/s1. The van der Waals surface area contributed by atoms with Crippen molar-refractivity contribution in [2.45, 2.75) is 120 Å². The molecular formula is C56H65F2N6O11PS2. The van der Waals surface area contributed by atoms with Crippen LogP contribution in [0.5, 0.6) is 0 Å². The van der Waals surface area contributed by atoms with Gasteiger partial charge in [0.1, 0.15) is 6.04 Å². The summed E-state index contributed by atoms with van der Waals surface area (Å²) >= 11 is 1.75. The summed E-state index contributed by atoms with van der Waals surface area (Å²) in [4.78, 5) is 101. The van der Waals surface area contributed by atoms with Gasteiger partial charge in [-0.05, 0) is 117 Å². The molecule has 4 aliphatic rings. The summed E-state index contributed by atoms with van der Waals surface area (Å²) in [5.74, 6) is -2.00. The lowest BCUT2D eigenvalue weighted by Crippen LogP contribution is -2.61. The van der Waals surface area contributed by atoms with Crippen LogP contribution in [0.15, 0.2) is 82.2 Å². The van der Waals surface area contributed by atoms with Crippen molar-refractivity contribution in [2.75, 3.05) is 50.9 Å². The Kier molecular flexibility index (Phi) is 17.6. The number of rotatable bonds is 21. The van der Waals surface area contributed by atoms with E-state index in [0.717, 1.165) is 66.0 Å². The van der Waals surface area contributed by atoms with Crippen molar-refractivity contribution in [2.24, 2.45) is 7.05 Å². The Balaban J connectivity index is 0.970. The zero-order valence-corrected chi connectivity index (χ0v) is 46.7. The number of halogens is 2. The number of nitrogens with zero attached hydrogens (tertiary/aromatic N) is 5. The van der Waals surface area contributed by atoms with Crippen LogP contribution in [0.25, 0.3) is 21.7 Å². The van der Waals surface area contributed by atoms with Gasteiger partial charge in [-0.15, -0.1) is 0 Å². The fraction of sp³-hybridized carbons (Fsp3) is 0.500. The smallest absolute Gasteiger partial charge is 0.355 e. The van der Waals surface area contributed by atoms with Crippen LogP contribution in [-0.4, -0.2) is 133 Å². The number of hydrogen-bond acceptors (Lipinski definition) is 15. The Morgan fingerprint density at radius 2 is 1.58 bits per heavy atom. The fourth-order valence-corrected chi connectivity index (χ4v) is 14.3. The van der Waals surface area contributed by atoms with E-state index in [0.29, 0.717) is 55.0 Å². The number of alkyl halides is 2. The van der Waals surface area contributed by atoms with Gasteiger partial charge in [0.05, 0.1) is 37.7 Å². The van der Waals surface area contributed by atoms with E-state index in [1.807, 2.05) is 32.9 Å². The third-order valence-corrected chi connectivity index (χ3v) is 19.2. The Hall–Kier alpha value is -5.57. The molecule has 9 rings (SSSR count). The van der Waals surface area contributed by atoms with Crippen LogP contribution in [0.3, 0.4) is 0 Å². The predicted octanol–water partition coefficient (Wildman–Crippen LogP) is 8.98. The largest absolute Gasteiger partial charge is 0.404 e. The number of nitrogens with one attached hydrogen (secondary N) is 1. The molecule has 1 spiro atoms. The third-order valence-electron chi connectivity index (χ3n) is 15.4. The Morgan fingerprint density at radius 3 is 2.26 bits per heavy atom. The highest BCUT2D eigenvalue weighted by Crippen LogP contribution is 2.67. The Morgan fingerprint density at radius 1 is 0.872 bits per heavy atom. The highest BCUT2D eigenvalue weighted by atomic mass is 32.2. The van der Waals surface area contributed by atoms with Crippen LogP contribution in [0.4, 0.5) is 8.78 Å². The van der Waals surface area contributed by atoms with Crippen LogP contribution < -0.4 is 10.9 Å². The van der Waals surface area contributed by atoms with Crippen molar-refractivity contribution in [3.05, 3.63) is 111 Å². The molecule has 3 aliphatic heterocycles. The lowest BCUT2D eigenvalue weighted by Gasteiger charge is -2.39. The number of hydrogen-bond donors (Lipinski definition) is 1. The van der Waals surface area contributed by atoms with Crippen LogP contribution in [0.2, 0.25) is 0 Å². The average molecular weight is 1130 g/mol. The SMILES string of the molecule is CCCC(=O)SCCOP(=O)(OCCSC(=O)CCC)C(F)(F)c1ccc2ccc(C(=O)N[C@H]3CN(C(=O)c4noc5ccc(C)cc45)CC[C@H]4CC[C@@H](C(=O)CN5C[C@H](c6ccn(C)c(=O)c6)CC56CC6)N4C3=O)cc2c1. The van der Waals surface area contributed by atoms with Gasteiger partial charge in [-0.3, -0.25) is 43.0 Å². The second-order valence-electron chi connectivity index (χ2n) is 20.9. The quantitative estimate of drug-likeness (QED) is 0.0537. The normalized spacial score (nSPS) is 20.5. The van der Waals surface area contributed by atoms with Crippen molar-refractivity contribution in [3.63, 3.8) is 0 Å². The first-order valence-corrected chi connectivity index (χ1v) is 30.2. The van der Waals surface area contributed by atoms with E-state index in [1.54, 1.807) is 42.4 Å². The van der Waals surface area contributed by atoms with Gasteiger partial charge in [0, 0.05) is 79.5 Å². The van der Waals surface area contributed by atoms with Crippen LogP contribution in [0, 0.1) is 6.92 Å². The number of aryl methyl sites for hydroxylation is 2. The zero-order valence-electron chi connectivity index (χ0n) is 44.2. The van der Waals surface area contributed by atoms with E-state index in [4.69, 9.17) is 13.6 Å². The van der Waals surface area contributed by atoms with Gasteiger partial charge in [0.25, 0.3) is 17.4 Å². The summed E-state index contributed by atoms with van der Waals surface area (Å²) in [6.07, 6.45) is 7.36. The van der Waals surface area contributed by atoms with Gasteiger partial charge >= 0.3 is 13.3 Å². The number of carbonyl (C=O) groups excluding carboxylic acids is 6. The molecule has 78 heavy (non-hydrogen) atoms. The summed E-state index contributed by atoms with van der Waals surface area (Å²) in [5, 5.41) is 7.72. The first-order valence-electron chi connectivity index (χ1n) is 26.7. The molecule has 0 bridgehead atoms. The summed E-state index contributed by atoms with van der Waals surface area (Å²) in [5.41, 5.74) is -3.02. The molecule has 3 amide bonds. The zero-order chi connectivity index (χ0) is 55.5. The number of pyridine rings is 1. The fourth-order valence-electron chi connectivity index (χ4n) is 11.0. The number of fused-ring (bicyclic) bond motifs is 3. The van der Waals surface area contributed by atoms with Gasteiger partial charge in [-0.1, -0.05) is 72.4 Å². The predicted molar refractivity (Wildman–Crippen MR) is 294 cm³/mol. The monoisotopic (exact) mass is 1130 g/mol. The van der Waals surface area contributed by atoms with Crippen molar-refractivity contribution in [1.82, 2.24) is 29.7 Å². The minimum absolute atomic E-state index is 0.0212. The number of amides is 3.